The number of carbonyl (C=O) groups is 1. The monoisotopic (exact) mass is 519 g/mol. The van der Waals surface area contributed by atoms with Crippen LogP contribution in [-0.2, 0) is 11.8 Å². The van der Waals surface area contributed by atoms with Crippen molar-refractivity contribution >= 4 is 29.2 Å². The highest BCUT2D eigenvalue weighted by atomic mass is 35.5. The summed E-state index contributed by atoms with van der Waals surface area (Å²) < 4.78 is 6.52. The summed E-state index contributed by atoms with van der Waals surface area (Å²) in [6, 6.07) is 10.9. The summed E-state index contributed by atoms with van der Waals surface area (Å²) in [6.45, 7) is 1.89. The third-order valence-electron chi connectivity index (χ3n) is 9.47. The molecule has 8 heteroatoms. The fourth-order valence-electron chi connectivity index (χ4n) is 7.65. The summed E-state index contributed by atoms with van der Waals surface area (Å²) >= 11 is 0. The van der Waals surface area contributed by atoms with Crippen LogP contribution in [0.4, 0.5) is 0 Å². The van der Waals surface area contributed by atoms with Gasteiger partial charge in [-0.1, -0.05) is 36.4 Å². The molecule has 1 saturated heterocycles. The first-order valence-corrected chi connectivity index (χ1v) is 13.0. The lowest BCUT2D eigenvalue weighted by molar-refractivity contribution is -0.144. The fourth-order valence-corrected chi connectivity index (χ4v) is 7.65. The maximum atomic E-state index is 13.5. The lowest BCUT2D eigenvalue weighted by Crippen LogP contribution is -2.76. The van der Waals surface area contributed by atoms with Crippen LogP contribution in [0.25, 0.3) is 10.9 Å². The van der Waals surface area contributed by atoms with Gasteiger partial charge < -0.3 is 25.3 Å². The van der Waals surface area contributed by atoms with Crippen LogP contribution in [-0.4, -0.2) is 62.9 Å². The van der Waals surface area contributed by atoms with Gasteiger partial charge in [-0.15, -0.1) is 12.4 Å². The van der Waals surface area contributed by atoms with Gasteiger partial charge in [0.25, 0.3) is 5.91 Å². The van der Waals surface area contributed by atoms with Crippen molar-refractivity contribution < 1.29 is 19.7 Å². The lowest BCUT2D eigenvalue weighted by Gasteiger charge is -2.62. The minimum absolute atomic E-state index is 0. The number of para-hydroxylation sites is 1. The maximum absolute atomic E-state index is 13.5. The van der Waals surface area contributed by atoms with Crippen LogP contribution < -0.4 is 10.1 Å². The molecule has 1 spiro atoms. The second kappa shape index (κ2) is 7.76. The average molecular weight is 520 g/mol. The van der Waals surface area contributed by atoms with Crippen molar-refractivity contribution in [2.75, 3.05) is 13.1 Å². The number of piperidine rings is 1. The molecule has 0 unspecified atom stereocenters. The van der Waals surface area contributed by atoms with Crippen LogP contribution in [0.5, 0.6) is 11.5 Å². The number of H-pyrrole nitrogens is 1. The molecule has 2 bridgehead atoms. The fraction of sp³-hybridized carbons (Fsp3) is 0.414. The molecule has 7 nitrogen and oxygen atoms in total. The highest BCUT2D eigenvalue weighted by molar-refractivity contribution is 6.06. The summed E-state index contributed by atoms with van der Waals surface area (Å²) in [7, 11) is 0. The van der Waals surface area contributed by atoms with E-state index in [1.807, 2.05) is 42.5 Å². The zero-order chi connectivity index (χ0) is 24.2. The first-order valence-electron chi connectivity index (χ1n) is 13.0. The zero-order valence-electron chi connectivity index (χ0n) is 20.3. The number of nitrogens with one attached hydrogen (secondary N) is 2. The van der Waals surface area contributed by atoms with Crippen LogP contribution in [0.3, 0.4) is 0 Å². The molecule has 2 aliphatic heterocycles. The highest BCUT2D eigenvalue weighted by Crippen LogP contribution is 2.64. The van der Waals surface area contributed by atoms with Crippen LogP contribution in [0.15, 0.2) is 54.7 Å². The minimum atomic E-state index is -1.13. The summed E-state index contributed by atoms with van der Waals surface area (Å²) in [6.07, 6.45) is 9.05. The maximum Gasteiger partial charge on any atom is 0.254 e. The van der Waals surface area contributed by atoms with Crippen molar-refractivity contribution in [3.8, 4) is 11.5 Å². The normalized spacial score (nSPS) is 32.9. The molecular formula is C29H30ClN3O4. The Bertz CT molecular complexity index is 1460. The molecule has 0 radical (unpaired) electrons. The molecule has 3 aromatic rings. The number of likely N-dealkylation sites (tertiary alicyclic amines) is 1. The Morgan fingerprint density at radius 2 is 2.05 bits per heavy atom. The number of hydrogen-bond donors (Lipinski definition) is 4. The van der Waals surface area contributed by atoms with Gasteiger partial charge in [-0.05, 0) is 55.8 Å². The van der Waals surface area contributed by atoms with Gasteiger partial charge in [-0.3, -0.25) is 9.69 Å². The number of hydrogen-bond acceptors (Lipinski definition) is 5. The van der Waals surface area contributed by atoms with Gasteiger partial charge in [0.1, 0.15) is 11.7 Å². The van der Waals surface area contributed by atoms with Crippen molar-refractivity contribution in [2.45, 2.75) is 54.9 Å². The molecular weight excluding hydrogens is 490 g/mol. The van der Waals surface area contributed by atoms with E-state index in [9.17, 15) is 15.0 Å². The van der Waals surface area contributed by atoms with Gasteiger partial charge in [0, 0.05) is 35.2 Å². The van der Waals surface area contributed by atoms with Crippen molar-refractivity contribution in [2.24, 2.45) is 5.92 Å². The second-order valence-electron chi connectivity index (χ2n) is 11.3. The lowest BCUT2D eigenvalue weighted by atomic mass is 9.50. The predicted molar refractivity (Wildman–Crippen MR) is 141 cm³/mol. The van der Waals surface area contributed by atoms with E-state index in [1.54, 1.807) is 12.3 Å². The van der Waals surface area contributed by atoms with E-state index in [2.05, 4.69) is 15.2 Å². The van der Waals surface area contributed by atoms with Crippen molar-refractivity contribution in [3.05, 3.63) is 71.4 Å². The van der Waals surface area contributed by atoms with Gasteiger partial charge in [0.2, 0.25) is 0 Å². The smallest absolute Gasteiger partial charge is 0.254 e. The van der Waals surface area contributed by atoms with Gasteiger partial charge in [0.15, 0.2) is 11.5 Å². The number of nitrogens with zero attached hydrogens (tertiary/aromatic N) is 1. The number of rotatable bonds is 4. The Labute approximate surface area is 220 Å². The number of halogens is 1. The van der Waals surface area contributed by atoms with Crippen LogP contribution in [0, 0.1) is 5.92 Å². The van der Waals surface area contributed by atoms with Crippen LogP contribution in [0.2, 0.25) is 0 Å². The number of aromatic nitrogens is 1. The van der Waals surface area contributed by atoms with Gasteiger partial charge >= 0.3 is 0 Å². The molecule has 5 aliphatic rings. The summed E-state index contributed by atoms with van der Waals surface area (Å²) in [5, 5.41) is 27.3. The van der Waals surface area contributed by atoms with E-state index in [1.165, 1.54) is 12.8 Å². The van der Waals surface area contributed by atoms with E-state index in [0.29, 0.717) is 17.7 Å². The quantitative estimate of drug-likeness (QED) is 0.396. The number of benzene rings is 2. The third-order valence-corrected chi connectivity index (χ3v) is 9.47. The summed E-state index contributed by atoms with van der Waals surface area (Å²) in [5.41, 5.74) is 1.72. The molecule has 3 aliphatic carbocycles. The molecule has 2 fully saturated rings. The SMILES string of the molecule is Cl.O=C(N[C@H]1C=C[C@@]2(O)[C@H]3Cc4ccc(O)c5c4[C@@]2(CCN3CC2CC2)[C@H]1O5)c1c[nH]c2ccccc12. The predicted octanol–water partition coefficient (Wildman–Crippen LogP) is 3.43. The number of aliphatic hydroxyl groups is 1. The number of ether oxygens (including phenoxy) is 1. The number of fused-ring (bicyclic) bond motifs is 1. The Kier molecular flexibility index (Phi) is 4.85. The number of phenolic OH excluding ortho intramolecular Hbond substituents is 1. The van der Waals surface area contributed by atoms with Gasteiger partial charge in [-0.25, -0.2) is 0 Å². The summed E-state index contributed by atoms with van der Waals surface area (Å²) in [5.74, 6) is 1.11. The van der Waals surface area contributed by atoms with E-state index in [-0.39, 0.29) is 30.1 Å². The largest absolute Gasteiger partial charge is 0.504 e. The molecule has 2 aromatic carbocycles. The number of aromatic hydroxyl groups is 1. The molecule has 8 rings (SSSR count). The molecule has 1 amide bonds. The van der Waals surface area contributed by atoms with Crippen LogP contribution >= 0.6 is 12.4 Å². The molecule has 5 atom stereocenters. The molecule has 192 valence electrons. The van der Waals surface area contributed by atoms with E-state index in [4.69, 9.17) is 4.74 Å². The summed E-state index contributed by atoms with van der Waals surface area (Å²) in [4.78, 5) is 19.1. The Balaban J connectivity index is 0.00000231. The number of amides is 1. The van der Waals surface area contributed by atoms with Crippen molar-refractivity contribution in [3.63, 3.8) is 0 Å². The van der Waals surface area contributed by atoms with Crippen molar-refractivity contribution in [1.82, 2.24) is 15.2 Å². The third kappa shape index (κ3) is 2.93. The van der Waals surface area contributed by atoms with Crippen molar-refractivity contribution in [1.29, 1.82) is 0 Å². The Morgan fingerprint density at radius 1 is 1.22 bits per heavy atom. The molecule has 1 aromatic heterocycles. The van der Waals surface area contributed by atoms with Crippen LogP contribution in [0.1, 0.15) is 40.7 Å². The number of phenols is 1. The molecule has 1 saturated carbocycles. The second-order valence-corrected chi connectivity index (χ2v) is 11.3. The Hall–Kier alpha value is -3.00. The number of aromatic amines is 1. The zero-order valence-corrected chi connectivity index (χ0v) is 21.1. The average Bonchev–Trinajstić information content (AvgIpc) is 3.46. The van der Waals surface area contributed by atoms with E-state index >= 15 is 0 Å². The molecule has 4 N–H and O–H groups in total. The minimum Gasteiger partial charge on any atom is -0.504 e. The van der Waals surface area contributed by atoms with E-state index in [0.717, 1.165) is 47.5 Å². The topological polar surface area (TPSA) is 97.8 Å². The highest BCUT2D eigenvalue weighted by Gasteiger charge is 2.72. The first-order chi connectivity index (χ1) is 17.5. The van der Waals surface area contributed by atoms with Gasteiger partial charge in [0.05, 0.1) is 17.0 Å². The standard InChI is InChI=1S/C29H29N3O4.ClH/c33-22-8-7-17-13-23-29(35)10-9-21(31-27(34)19-14-30-20-4-2-1-3-18(19)20)26-28(29,24(17)25(22)36-26)11-12-32(23)15-16-5-6-16;/h1-4,7-10,14,16,21,23,26,30,33,35H,5-6,11-13,15H2,(H,31,34);1H/t21-,23+,26-,28-,29+;/m0./s1. The molecule has 37 heavy (non-hydrogen) atoms. The van der Waals surface area contributed by atoms with Gasteiger partial charge in [-0.2, -0.15) is 0 Å². The first kappa shape index (κ1) is 23.1. The Morgan fingerprint density at radius 3 is 2.89 bits per heavy atom. The molecule has 3 heterocycles. The van der Waals surface area contributed by atoms with E-state index < -0.39 is 23.2 Å². The number of carbonyl (C=O) groups excluding carboxylic acids is 1.